The Morgan fingerprint density at radius 1 is 1.00 bits per heavy atom. The maximum atomic E-state index is 12.9. The first-order valence-electron chi connectivity index (χ1n) is 9.87. The highest BCUT2D eigenvalue weighted by Gasteiger charge is 2.48. The van der Waals surface area contributed by atoms with Crippen molar-refractivity contribution in [2.75, 3.05) is 26.2 Å². The van der Waals surface area contributed by atoms with Gasteiger partial charge in [-0.25, -0.2) is 9.59 Å². The van der Waals surface area contributed by atoms with Gasteiger partial charge in [0.15, 0.2) is 0 Å². The number of amides is 2. The molecule has 0 aliphatic carbocycles. The SMILES string of the molecule is CCOC(=O)CN(C(=O)OC(C)(C)C)[C@@]1(CC)CCN(C(=O)OC(C)(C)C)C1. The number of likely N-dealkylation sites (tertiary alicyclic amines) is 1. The summed E-state index contributed by atoms with van der Waals surface area (Å²) in [5, 5.41) is 0. The average molecular weight is 401 g/mol. The molecule has 2 amide bonds. The van der Waals surface area contributed by atoms with Gasteiger partial charge >= 0.3 is 18.2 Å². The van der Waals surface area contributed by atoms with Gasteiger partial charge in [0, 0.05) is 13.1 Å². The molecule has 1 rings (SSSR count). The molecule has 1 aliphatic heterocycles. The quantitative estimate of drug-likeness (QED) is 0.518. The van der Waals surface area contributed by atoms with Gasteiger partial charge in [-0.05, 0) is 61.3 Å². The van der Waals surface area contributed by atoms with E-state index in [9.17, 15) is 14.4 Å². The van der Waals surface area contributed by atoms with Crippen molar-refractivity contribution >= 4 is 18.2 Å². The van der Waals surface area contributed by atoms with Gasteiger partial charge in [-0.15, -0.1) is 0 Å². The Morgan fingerprint density at radius 3 is 2.04 bits per heavy atom. The second kappa shape index (κ2) is 9.01. The van der Waals surface area contributed by atoms with Crippen LogP contribution < -0.4 is 0 Å². The molecule has 0 N–H and O–H groups in total. The van der Waals surface area contributed by atoms with Crippen LogP contribution >= 0.6 is 0 Å². The summed E-state index contributed by atoms with van der Waals surface area (Å²) < 4.78 is 16.0. The Labute approximate surface area is 168 Å². The predicted molar refractivity (Wildman–Crippen MR) is 105 cm³/mol. The number of nitrogens with zero attached hydrogens (tertiary/aromatic N) is 2. The maximum Gasteiger partial charge on any atom is 0.411 e. The summed E-state index contributed by atoms with van der Waals surface area (Å²) in [6.45, 7) is 15.1. The molecular formula is C20H36N2O6. The van der Waals surface area contributed by atoms with E-state index in [-0.39, 0.29) is 19.7 Å². The summed E-state index contributed by atoms with van der Waals surface area (Å²) in [5.41, 5.74) is -2.03. The fourth-order valence-electron chi connectivity index (χ4n) is 3.12. The van der Waals surface area contributed by atoms with Crippen molar-refractivity contribution in [3.05, 3.63) is 0 Å². The first kappa shape index (κ1) is 24.0. The van der Waals surface area contributed by atoms with E-state index in [1.54, 1.807) is 32.6 Å². The molecule has 0 unspecified atom stereocenters. The average Bonchev–Trinajstić information content (AvgIpc) is 2.95. The summed E-state index contributed by atoms with van der Waals surface area (Å²) in [4.78, 5) is 40.6. The molecule has 0 aromatic carbocycles. The Hall–Kier alpha value is -1.99. The van der Waals surface area contributed by atoms with Gasteiger partial charge in [-0.3, -0.25) is 9.69 Å². The lowest BCUT2D eigenvalue weighted by atomic mass is 9.93. The van der Waals surface area contributed by atoms with E-state index in [4.69, 9.17) is 14.2 Å². The molecule has 0 bridgehead atoms. The van der Waals surface area contributed by atoms with E-state index in [1.165, 1.54) is 4.90 Å². The largest absolute Gasteiger partial charge is 0.465 e. The molecular weight excluding hydrogens is 364 g/mol. The third kappa shape index (κ3) is 6.87. The third-order valence-corrected chi connectivity index (χ3v) is 4.42. The smallest absolute Gasteiger partial charge is 0.411 e. The van der Waals surface area contributed by atoms with Crippen molar-refractivity contribution in [3.63, 3.8) is 0 Å². The molecule has 0 aromatic rings. The van der Waals surface area contributed by atoms with Crippen LogP contribution in [-0.4, -0.2) is 70.9 Å². The first-order valence-corrected chi connectivity index (χ1v) is 9.87. The summed E-state index contributed by atoms with van der Waals surface area (Å²) in [5.74, 6) is -0.503. The summed E-state index contributed by atoms with van der Waals surface area (Å²) in [6.07, 6.45) is 0.0725. The zero-order chi connectivity index (χ0) is 21.8. The van der Waals surface area contributed by atoms with Crippen LogP contribution in [0.4, 0.5) is 9.59 Å². The van der Waals surface area contributed by atoms with E-state index in [0.29, 0.717) is 19.4 Å². The number of carbonyl (C=O) groups is 3. The Bertz CT molecular complexity index is 578. The molecule has 0 spiro atoms. The van der Waals surface area contributed by atoms with E-state index >= 15 is 0 Å². The van der Waals surface area contributed by atoms with Crippen LogP contribution in [-0.2, 0) is 19.0 Å². The number of ether oxygens (including phenoxy) is 3. The van der Waals surface area contributed by atoms with Crippen LogP contribution in [0.25, 0.3) is 0 Å². The second-order valence-corrected chi connectivity index (χ2v) is 9.10. The molecule has 0 aromatic heterocycles. The molecule has 1 saturated heterocycles. The van der Waals surface area contributed by atoms with Gasteiger partial charge in [-0.2, -0.15) is 0 Å². The van der Waals surface area contributed by atoms with E-state index in [0.717, 1.165) is 0 Å². The van der Waals surface area contributed by atoms with Crippen molar-refractivity contribution in [2.24, 2.45) is 0 Å². The van der Waals surface area contributed by atoms with Gasteiger partial charge in [0.1, 0.15) is 17.7 Å². The molecule has 1 atom stereocenters. The van der Waals surface area contributed by atoms with Crippen LogP contribution in [0.1, 0.15) is 68.2 Å². The summed E-state index contributed by atoms with van der Waals surface area (Å²) in [6, 6.07) is 0. The lowest BCUT2D eigenvalue weighted by Gasteiger charge is -2.40. The number of carbonyl (C=O) groups excluding carboxylic acids is 3. The summed E-state index contributed by atoms with van der Waals surface area (Å²) in [7, 11) is 0. The van der Waals surface area contributed by atoms with E-state index < -0.39 is 34.9 Å². The highest BCUT2D eigenvalue weighted by atomic mass is 16.6. The minimum atomic E-state index is -0.716. The van der Waals surface area contributed by atoms with Crippen LogP contribution in [0.3, 0.4) is 0 Å². The van der Waals surface area contributed by atoms with Crippen LogP contribution in [0.5, 0.6) is 0 Å². The van der Waals surface area contributed by atoms with Gasteiger partial charge in [0.05, 0.1) is 12.1 Å². The minimum absolute atomic E-state index is 0.223. The molecule has 0 saturated carbocycles. The topological polar surface area (TPSA) is 85.4 Å². The van der Waals surface area contributed by atoms with Crippen molar-refractivity contribution in [1.29, 1.82) is 0 Å². The van der Waals surface area contributed by atoms with Crippen LogP contribution in [0, 0.1) is 0 Å². The Kier molecular flexibility index (Phi) is 7.74. The molecule has 1 aliphatic rings. The maximum absolute atomic E-state index is 12.9. The fraction of sp³-hybridized carbons (Fsp3) is 0.850. The number of hydrogen-bond acceptors (Lipinski definition) is 6. The van der Waals surface area contributed by atoms with Crippen molar-refractivity contribution < 1.29 is 28.6 Å². The van der Waals surface area contributed by atoms with Crippen molar-refractivity contribution in [3.8, 4) is 0 Å². The van der Waals surface area contributed by atoms with E-state index in [2.05, 4.69) is 0 Å². The standard InChI is InChI=1S/C20H36N2O6/c1-9-20(11-12-21(14-20)16(24)27-18(3,4)5)22(13-15(23)26-10-2)17(25)28-19(6,7)8/h9-14H2,1-8H3/t20-/m0/s1. The summed E-state index contributed by atoms with van der Waals surface area (Å²) >= 11 is 0. The molecule has 162 valence electrons. The minimum Gasteiger partial charge on any atom is -0.465 e. The van der Waals surface area contributed by atoms with Gasteiger partial charge in [-0.1, -0.05) is 6.92 Å². The zero-order valence-electron chi connectivity index (χ0n) is 18.6. The molecule has 8 heteroatoms. The normalized spacial score (nSPS) is 19.9. The lowest BCUT2D eigenvalue weighted by molar-refractivity contribution is -0.146. The second-order valence-electron chi connectivity index (χ2n) is 9.10. The Morgan fingerprint density at radius 2 is 1.57 bits per heavy atom. The molecule has 1 heterocycles. The van der Waals surface area contributed by atoms with Crippen LogP contribution in [0.15, 0.2) is 0 Å². The fourth-order valence-corrected chi connectivity index (χ4v) is 3.12. The lowest BCUT2D eigenvalue weighted by Crippen LogP contribution is -2.56. The molecule has 28 heavy (non-hydrogen) atoms. The predicted octanol–water partition coefficient (Wildman–Crippen LogP) is 3.58. The number of hydrogen-bond donors (Lipinski definition) is 0. The van der Waals surface area contributed by atoms with Crippen molar-refractivity contribution in [1.82, 2.24) is 9.80 Å². The zero-order valence-corrected chi connectivity index (χ0v) is 18.6. The number of rotatable bonds is 5. The van der Waals surface area contributed by atoms with Gasteiger partial charge in [0.25, 0.3) is 0 Å². The highest BCUT2D eigenvalue weighted by Crippen LogP contribution is 2.33. The Balaban J connectivity index is 3.08. The van der Waals surface area contributed by atoms with Crippen molar-refractivity contribution in [2.45, 2.75) is 85.0 Å². The molecule has 8 nitrogen and oxygen atoms in total. The van der Waals surface area contributed by atoms with Gasteiger partial charge in [0.2, 0.25) is 0 Å². The first-order chi connectivity index (χ1) is 12.7. The number of esters is 1. The molecule has 1 fully saturated rings. The highest BCUT2D eigenvalue weighted by molar-refractivity contribution is 5.79. The molecule has 0 radical (unpaired) electrons. The third-order valence-electron chi connectivity index (χ3n) is 4.42. The van der Waals surface area contributed by atoms with Crippen LogP contribution in [0.2, 0.25) is 0 Å². The van der Waals surface area contributed by atoms with Gasteiger partial charge < -0.3 is 19.1 Å². The monoisotopic (exact) mass is 400 g/mol. The van der Waals surface area contributed by atoms with E-state index in [1.807, 2.05) is 27.7 Å².